The molecule has 0 saturated carbocycles. The predicted octanol–water partition coefficient (Wildman–Crippen LogP) is 3.33. The van der Waals surface area contributed by atoms with E-state index in [1.807, 2.05) is 43.3 Å². The highest BCUT2D eigenvalue weighted by Gasteiger charge is 2.47. The van der Waals surface area contributed by atoms with Gasteiger partial charge in [-0.15, -0.1) is 0 Å². The van der Waals surface area contributed by atoms with E-state index in [4.69, 9.17) is 16.3 Å². The summed E-state index contributed by atoms with van der Waals surface area (Å²) in [6.45, 7) is 3.07. The van der Waals surface area contributed by atoms with E-state index >= 15 is 0 Å². The number of hydrogen-bond donors (Lipinski definition) is 3. The summed E-state index contributed by atoms with van der Waals surface area (Å²) in [4.78, 5) is 17.5. The standard InChI is InChI=1S/C27H27ClN8O3/c1-2-35-14-31-24(34-35)22-20(37)21(38)26(39-22)36-15-30-19-23(32-27(28)33-25(19)36)29-13-18(16-9-5-3-6-10-16)17-11-7-4-8-12-17/h3-12,14-15,18,20-22,26,37-38H,2,13H2,1H3,(H,29,32,33)/t20-,21+,22-,26+/m0/s1. The Kier molecular flexibility index (Phi) is 6.96. The van der Waals surface area contributed by atoms with Crippen molar-refractivity contribution in [2.75, 3.05) is 11.9 Å². The number of ether oxygens (including phenoxy) is 1. The van der Waals surface area contributed by atoms with Crippen molar-refractivity contribution < 1.29 is 14.9 Å². The lowest BCUT2D eigenvalue weighted by atomic mass is 9.91. The third-order valence-electron chi connectivity index (χ3n) is 6.92. The van der Waals surface area contributed by atoms with Gasteiger partial charge in [-0.2, -0.15) is 15.1 Å². The summed E-state index contributed by atoms with van der Waals surface area (Å²) >= 11 is 6.34. The number of hydrogen-bond acceptors (Lipinski definition) is 9. The Labute approximate surface area is 229 Å². The number of aliphatic hydroxyl groups is 2. The first-order valence-corrected chi connectivity index (χ1v) is 13.1. The fourth-order valence-corrected chi connectivity index (χ4v) is 5.06. The molecule has 39 heavy (non-hydrogen) atoms. The summed E-state index contributed by atoms with van der Waals surface area (Å²) in [5, 5.41) is 29.3. The van der Waals surface area contributed by atoms with Crippen LogP contribution in [0.4, 0.5) is 5.82 Å². The molecular weight excluding hydrogens is 520 g/mol. The van der Waals surface area contributed by atoms with Gasteiger partial charge in [0.2, 0.25) is 5.28 Å². The number of aromatic nitrogens is 7. The van der Waals surface area contributed by atoms with E-state index in [2.05, 4.69) is 54.6 Å². The summed E-state index contributed by atoms with van der Waals surface area (Å²) < 4.78 is 9.21. The Morgan fingerprint density at radius 2 is 1.64 bits per heavy atom. The molecule has 1 aliphatic rings. The van der Waals surface area contributed by atoms with Crippen molar-refractivity contribution >= 4 is 28.6 Å². The molecule has 200 valence electrons. The maximum absolute atomic E-state index is 10.9. The Balaban J connectivity index is 1.30. The lowest BCUT2D eigenvalue weighted by Gasteiger charge is -2.19. The van der Waals surface area contributed by atoms with E-state index in [1.165, 1.54) is 6.33 Å². The van der Waals surface area contributed by atoms with Gasteiger partial charge >= 0.3 is 0 Å². The van der Waals surface area contributed by atoms with Crippen LogP contribution >= 0.6 is 11.6 Å². The van der Waals surface area contributed by atoms with Crippen molar-refractivity contribution in [2.24, 2.45) is 0 Å². The summed E-state index contributed by atoms with van der Waals surface area (Å²) in [5.41, 5.74) is 3.12. The number of rotatable bonds is 8. The number of benzene rings is 2. The van der Waals surface area contributed by atoms with Crippen molar-refractivity contribution in [2.45, 2.75) is 43.9 Å². The van der Waals surface area contributed by atoms with Gasteiger partial charge in [0.05, 0.1) is 6.33 Å². The Morgan fingerprint density at radius 3 is 2.28 bits per heavy atom. The van der Waals surface area contributed by atoms with Gasteiger partial charge in [0.1, 0.15) is 18.5 Å². The molecule has 5 aromatic rings. The van der Waals surface area contributed by atoms with E-state index in [9.17, 15) is 10.2 Å². The maximum atomic E-state index is 10.9. The number of fused-ring (bicyclic) bond motifs is 1. The van der Waals surface area contributed by atoms with Crippen molar-refractivity contribution in [3.8, 4) is 0 Å². The minimum absolute atomic E-state index is 0.00987. The number of nitrogens with one attached hydrogen (secondary N) is 1. The van der Waals surface area contributed by atoms with Crippen molar-refractivity contribution in [3.63, 3.8) is 0 Å². The van der Waals surface area contributed by atoms with Crippen LogP contribution in [0, 0.1) is 0 Å². The molecule has 3 N–H and O–H groups in total. The quantitative estimate of drug-likeness (QED) is 0.250. The molecule has 1 saturated heterocycles. The van der Waals surface area contributed by atoms with E-state index in [0.29, 0.717) is 35.9 Å². The van der Waals surface area contributed by atoms with E-state index in [0.717, 1.165) is 11.1 Å². The average Bonchev–Trinajstić information content (AvgIpc) is 3.68. The topological polar surface area (TPSA) is 136 Å². The summed E-state index contributed by atoms with van der Waals surface area (Å²) in [6, 6.07) is 20.4. The number of aliphatic hydroxyl groups excluding tert-OH is 2. The molecule has 2 aromatic carbocycles. The van der Waals surface area contributed by atoms with Crippen LogP contribution in [0.1, 0.15) is 42.1 Å². The average molecular weight is 547 g/mol. The molecule has 1 fully saturated rings. The minimum atomic E-state index is -1.27. The number of imidazole rings is 1. The van der Waals surface area contributed by atoms with E-state index < -0.39 is 24.5 Å². The summed E-state index contributed by atoms with van der Waals surface area (Å²) in [6.07, 6.45) is -1.36. The van der Waals surface area contributed by atoms with Crippen LogP contribution in [0.5, 0.6) is 0 Å². The smallest absolute Gasteiger partial charge is 0.226 e. The van der Waals surface area contributed by atoms with Gasteiger partial charge in [0.15, 0.2) is 35.1 Å². The first-order chi connectivity index (χ1) is 19.0. The van der Waals surface area contributed by atoms with Crippen LogP contribution in [0.3, 0.4) is 0 Å². The molecule has 3 aromatic heterocycles. The maximum Gasteiger partial charge on any atom is 0.226 e. The van der Waals surface area contributed by atoms with Gasteiger partial charge in [-0.3, -0.25) is 9.25 Å². The molecule has 4 heterocycles. The highest BCUT2D eigenvalue weighted by molar-refractivity contribution is 6.28. The zero-order valence-electron chi connectivity index (χ0n) is 21.0. The SMILES string of the molecule is CCn1cnc([C@H]2O[C@@H](n3cnc4c(NCC(c5ccccc5)c5ccccc5)nc(Cl)nc43)[C@H](O)[C@@H]2O)n1. The number of halogens is 1. The predicted molar refractivity (Wildman–Crippen MR) is 144 cm³/mol. The van der Waals surface area contributed by atoms with E-state index in [1.54, 1.807) is 15.6 Å². The number of nitrogens with zero attached hydrogens (tertiary/aromatic N) is 7. The zero-order chi connectivity index (χ0) is 26.9. The Bertz CT molecular complexity index is 1520. The van der Waals surface area contributed by atoms with Crippen LogP contribution < -0.4 is 5.32 Å². The molecule has 0 unspecified atom stereocenters. The third kappa shape index (κ3) is 4.85. The van der Waals surface area contributed by atoms with Gasteiger partial charge in [0.25, 0.3) is 0 Å². The highest BCUT2D eigenvalue weighted by atomic mass is 35.5. The van der Waals surface area contributed by atoms with E-state index in [-0.39, 0.29) is 11.2 Å². The molecule has 0 radical (unpaired) electrons. The molecule has 1 aliphatic heterocycles. The van der Waals surface area contributed by atoms with Crippen LogP contribution in [-0.2, 0) is 11.3 Å². The molecule has 0 aliphatic carbocycles. The molecule has 0 spiro atoms. The molecule has 0 bridgehead atoms. The number of anilines is 1. The van der Waals surface area contributed by atoms with Crippen molar-refractivity contribution in [1.82, 2.24) is 34.3 Å². The fraction of sp³-hybridized carbons (Fsp3) is 0.296. The number of aryl methyl sites for hydroxylation is 1. The normalized spacial score (nSPS) is 21.2. The van der Waals surface area contributed by atoms with Gasteiger partial charge in [-0.25, -0.2) is 9.97 Å². The van der Waals surface area contributed by atoms with Gasteiger partial charge in [0, 0.05) is 19.0 Å². The molecule has 0 amide bonds. The lowest BCUT2D eigenvalue weighted by molar-refractivity contribution is -0.0383. The fourth-order valence-electron chi connectivity index (χ4n) is 4.89. The molecule has 12 heteroatoms. The first kappa shape index (κ1) is 25.4. The zero-order valence-corrected chi connectivity index (χ0v) is 21.8. The minimum Gasteiger partial charge on any atom is -0.387 e. The van der Waals surface area contributed by atoms with Gasteiger partial charge < -0.3 is 20.3 Å². The van der Waals surface area contributed by atoms with Crippen molar-refractivity contribution in [1.29, 1.82) is 0 Å². The molecule has 11 nitrogen and oxygen atoms in total. The van der Waals surface area contributed by atoms with Gasteiger partial charge in [-0.1, -0.05) is 60.7 Å². The second-order valence-corrected chi connectivity index (χ2v) is 9.65. The highest BCUT2D eigenvalue weighted by Crippen LogP contribution is 2.39. The molecule has 6 rings (SSSR count). The molecular formula is C27H27ClN8O3. The van der Waals surface area contributed by atoms with Crippen LogP contribution in [0.15, 0.2) is 73.3 Å². The first-order valence-electron chi connectivity index (χ1n) is 12.7. The van der Waals surface area contributed by atoms with Crippen LogP contribution in [0.2, 0.25) is 5.28 Å². The second kappa shape index (κ2) is 10.7. The van der Waals surface area contributed by atoms with Crippen LogP contribution in [-0.4, -0.2) is 63.2 Å². The second-order valence-electron chi connectivity index (χ2n) is 9.31. The molecule has 4 atom stereocenters. The summed E-state index contributed by atoms with van der Waals surface area (Å²) in [7, 11) is 0. The largest absolute Gasteiger partial charge is 0.387 e. The Hall–Kier alpha value is -3.90. The van der Waals surface area contributed by atoms with Crippen LogP contribution in [0.25, 0.3) is 11.2 Å². The summed E-state index contributed by atoms with van der Waals surface area (Å²) in [5.74, 6) is 0.788. The monoisotopic (exact) mass is 546 g/mol. The lowest BCUT2D eigenvalue weighted by Crippen LogP contribution is -2.29. The van der Waals surface area contributed by atoms with Crippen molar-refractivity contribution in [3.05, 3.63) is 95.6 Å². The Morgan fingerprint density at radius 1 is 0.949 bits per heavy atom. The third-order valence-corrected chi connectivity index (χ3v) is 7.09. The van der Waals surface area contributed by atoms with Gasteiger partial charge in [-0.05, 0) is 29.7 Å².